The van der Waals surface area contributed by atoms with Crippen LogP contribution in [-0.4, -0.2) is 24.0 Å². The van der Waals surface area contributed by atoms with E-state index in [0.29, 0.717) is 17.2 Å². The fraction of sp³-hybridized carbons (Fsp3) is 0.214. The molecule has 0 saturated carbocycles. The van der Waals surface area contributed by atoms with Gasteiger partial charge in [0.25, 0.3) is 5.91 Å². The quantitative estimate of drug-likeness (QED) is 0.809. The molecule has 1 aromatic heterocycles. The lowest BCUT2D eigenvalue weighted by molar-refractivity contribution is 0.0963. The molecule has 0 radical (unpaired) electrons. The van der Waals surface area contributed by atoms with Crippen LogP contribution in [0.5, 0.6) is 0 Å². The molecule has 110 valence electrons. The zero-order valence-corrected chi connectivity index (χ0v) is 12.6. The van der Waals surface area contributed by atoms with Crippen molar-refractivity contribution in [3.05, 3.63) is 46.5 Å². The van der Waals surface area contributed by atoms with Gasteiger partial charge in [-0.25, -0.2) is 9.78 Å². The zero-order chi connectivity index (χ0) is 15.2. The van der Waals surface area contributed by atoms with Gasteiger partial charge in [0.2, 0.25) is 0 Å². The highest BCUT2D eigenvalue weighted by atomic mass is 32.1. The summed E-state index contributed by atoms with van der Waals surface area (Å²) in [5.41, 5.74) is 2.37. The minimum Gasteiger partial charge on any atom is -0.355 e. The van der Waals surface area contributed by atoms with Crippen molar-refractivity contribution in [3.8, 4) is 0 Å². The second-order valence-corrected chi connectivity index (χ2v) is 5.24. The molecule has 2 aromatic rings. The van der Waals surface area contributed by atoms with Gasteiger partial charge in [0.1, 0.15) is 0 Å². The number of carbonyl (C=O) groups is 2. The number of nitrogens with one attached hydrogen (secondary N) is 3. The third-order valence-corrected chi connectivity index (χ3v) is 3.61. The molecular weight excluding hydrogens is 288 g/mol. The van der Waals surface area contributed by atoms with Crippen molar-refractivity contribution >= 4 is 28.4 Å². The van der Waals surface area contributed by atoms with Gasteiger partial charge >= 0.3 is 6.03 Å². The number of thiazole rings is 1. The molecule has 0 saturated heterocycles. The van der Waals surface area contributed by atoms with E-state index in [4.69, 9.17) is 0 Å². The number of anilines is 1. The number of hydrogen-bond donors (Lipinski definition) is 3. The van der Waals surface area contributed by atoms with Gasteiger partial charge in [0, 0.05) is 24.5 Å². The number of aromatic nitrogens is 1. The lowest BCUT2D eigenvalue weighted by Gasteiger charge is -2.06. The van der Waals surface area contributed by atoms with Gasteiger partial charge < -0.3 is 10.6 Å². The second kappa shape index (κ2) is 6.85. The molecule has 7 heteroatoms. The normalized spacial score (nSPS) is 10.0. The summed E-state index contributed by atoms with van der Waals surface area (Å²) in [5, 5.41) is 10.4. The van der Waals surface area contributed by atoms with Crippen molar-refractivity contribution < 1.29 is 9.59 Å². The first kappa shape index (κ1) is 15.0. The minimum atomic E-state index is -0.306. The molecule has 3 amide bonds. The Hall–Kier alpha value is -2.41. The molecule has 1 heterocycles. The standard InChI is InChI=1S/C14H16N4O2S/c1-9-8-21-14(17-9)18-13(20)16-7-10-3-5-11(6-4-10)12(19)15-2/h3-6,8H,7H2,1-2H3,(H,15,19)(H2,16,17,18,20). The van der Waals surface area contributed by atoms with Gasteiger partial charge in [-0.1, -0.05) is 12.1 Å². The number of rotatable bonds is 4. The van der Waals surface area contributed by atoms with Gasteiger partial charge in [-0.05, 0) is 24.6 Å². The Labute approximate surface area is 126 Å². The maximum Gasteiger partial charge on any atom is 0.321 e. The van der Waals surface area contributed by atoms with Crippen molar-refractivity contribution in [3.63, 3.8) is 0 Å². The maximum atomic E-state index is 11.7. The number of hydrogen-bond acceptors (Lipinski definition) is 4. The molecule has 0 aliphatic heterocycles. The first-order chi connectivity index (χ1) is 10.1. The van der Waals surface area contributed by atoms with E-state index in [9.17, 15) is 9.59 Å². The summed E-state index contributed by atoms with van der Waals surface area (Å²) in [7, 11) is 1.59. The SMILES string of the molecule is CNC(=O)c1ccc(CNC(=O)Nc2nc(C)cs2)cc1. The largest absolute Gasteiger partial charge is 0.355 e. The first-order valence-electron chi connectivity index (χ1n) is 6.36. The van der Waals surface area contributed by atoms with Gasteiger partial charge in [0.15, 0.2) is 5.13 Å². The topological polar surface area (TPSA) is 83.1 Å². The third-order valence-electron chi connectivity index (χ3n) is 2.74. The molecule has 1 aromatic carbocycles. The van der Waals surface area contributed by atoms with Crippen LogP contribution in [0.15, 0.2) is 29.6 Å². The number of urea groups is 1. The van der Waals surface area contributed by atoms with Crippen LogP contribution >= 0.6 is 11.3 Å². The summed E-state index contributed by atoms with van der Waals surface area (Å²) in [5.74, 6) is -0.133. The van der Waals surface area contributed by atoms with E-state index in [-0.39, 0.29) is 11.9 Å². The fourth-order valence-corrected chi connectivity index (χ4v) is 2.34. The Kier molecular flexibility index (Phi) is 4.89. The van der Waals surface area contributed by atoms with Crippen molar-refractivity contribution in [1.29, 1.82) is 0 Å². The molecule has 0 unspecified atom stereocenters. The van der Waals surface area contributed by atoms with Gasteiger partial charge in [-0.15, -0.1) is 11.3 Å². The van der Waals surface area contributed by atoms with E-state index in [1.807, 2.05) is 12.3 Å². The van der Waals surface area contributed by atoms with Crippen LogP contribution in [0.25, 0.3) is 0 Å². The average molecular weight is 304 g/mol. The average Bonchev–Trinajstić information content (AvgIpc) is 2.90. The molecule has 21 heavy (non-hydrogen) atoms. The Bertz CT molecular complexity index is 637. The molecule has 6 nitrogen and oxygen atoms in total. The molecule has 0 fully saturated rings. The van der Waals surface area contributed by atoms with E-state index in [1.54, 1.807) is 31.3 Å². The maximum absolute atomic E-state index is 11.7. The predicted octanol–water partition coefficient (Wildman–Crippen LogP) is 2.13. The number of carbonyl (C=O) groups excluding carboxylic acids is 2. The lowest BCUT2D eigenvalue weighted by atomic mass is 10.1. The number of amides is 3. The molecule has 0 atom stereocenters. The monoisotopic (exact) mass is 304 g/mol. The summed E-state index contributed by atoms with van der Waals surface area (Å²) in [6.45, 7) is 2.25. The molecular formula is C14H16N4O2S. The van der Waals surface area contributed by atoms with Crippen LogP contribution in [0.1, 0.15) is 21.6 Å². The molecule has 2 rings (SSSR count). The van der Waals surface area contributed by atoms with E-state index in [2.05, 4.69) is 20.9 Å². The summed E-state index contributed by atoms with van der Waals surface area (Å²) in [4.78, 5) is 27.2. The number of aryl methyl sites for hydroxylation is 1. The highest BCUT2D eigenvalue weighted by Crippen LogP contribution is 2.14. The molecule has 0 bridgehead atoms. The van der Waals surface area contributed by atoms with E-state index < -0.39 is 0 Å². The predicted molar refractivity (Wildman–Crippen MR) is 82.5 cm³/mol. The number of nitrogens with zero attached hydrogens (tertiary/aromatic N) is 1. The van der Waals surface area contributed by atoms with E-state index in [1.165, 1.54) is 11.3 Å². The van der Waals surface area contributed by atoms with Crippen LogP contribution in [0.4, 0.5) is 9.93 Å². The summed E-state index contributed by atoms with van der Waals surface area (Å²) in [6, 6.07) is 6.74. The Balaban J connectivity index is 1.85. The minimum absolute atomic E-state index is 0.133. The third kappa shape index (κ3) is 4.28. The van der Waals surface area contributed by atoms with Crippen LogP contribution in [-0.2, 0) is 6.54 Å². The zero-order valence-electron chi connectivity index (χ0n) is 11.8. The Morgan fingerprint density at radius 1 is 1.24 bits per heavy atom. The number of benzene rings is 1. The van der Waals surface area contributed by atoms with Crippen molar-refractivity contribution in [2.24, 2.45) is 0 Å². The summed E-state index contributed by atoms with van der Waals surface area (Å²) >= 11 is 1.38. The Morgan fingerprint density at radius 3 is 2.52 bits per heavy atom. The van der Waals surface area contributed by atoms with Crippen LogP contribution in [0.2, 0.25) is 0 Å². The van der Waals surface area contributed by atoms with Crippen LogP contribution < -0.4 is 16.0 Å². The Morgan fingerprint density at radius 2 is 1.95 bits per heavy atom. The van der Waals surface area contributed by atoms with Crippen molar-refractivity contribution in [1.82, 2.24) is 15.6 Å². The van der Waals surface area contributed by atoms with E-state index >= 15 is 0 Å². The van der Waals surface area contributed by atoms with Gasteiger partial charge in [-0.3, -0.25) is 10.1 Å². The second-order valence-electron chi connectivity index (χ2n) is 4.38. The van der Waals surface area contributed by atoms with Crippen molar-refractivity contribution in [2.45, 2.75) is 13.5 Å². The highest BCUT2D eigenvalue weighted by molar-refractivity contribution is 7.13. The van der Waals surface area contributed by atoms with Crippen LogP contribution in [0.3, 0.4) is 0 Å². The molecule has 0 aliphatic rings. The van der Waals surface area contributed by atoms with E-state index in [0.717, 1.165) is 11.3 Å². The molecule has 3 N–H and O–H groups in total. The van der Waals surface area contributed by atoms with Gasteiger partial charge in [-0.2, -0.15) is 0 Å². The summed E-state index contributed by atoms with van der Waals surface area (Å²) < 4.78 is 0. The molecule has 0 spiro atoms. The smallest absolute Gasteiger partial charge is 0.321 e. The van der Waals surface area contributed by atoms with Crippen molar-refractivity contribution in [2.75, 3.05) is 12.4 Å². The first-order valence-corrected chi connectivity index (χ1v) is 7.24. The molecule has 0 aliphatic carbocycles. The lowest BCUT2D eigenvalue weighted by Crippen LogP contribution is -2.28. The van der Waals surface area contributed by atoms with Gasteiger partial charge in [0.05, 0.1) is 5.69 Å². The van der Waals surface area contributed by atoms with Crippen LogP contribution in [0, 0.1) is 6.92 Å². The highest BCUT2D eigenvalue weighted by Gasteiger charge is 2.06. The summed E-state index contributed by atoms with van der Waals surface area (Å²) in [6.07, 6.45) is 0. The fourth-order valence-electron chi connectivity index (χ4n) is 1.65.